The molecule has 224 valence electrons. The summed E-state index contributed by atoms with van der Waals surface area (Å²) in [5.41, 5.74) is 3.28. The van der Waals surface area contributed by atoms with Crippen LogP contribution in [-0.2, 0) is 16.1 Å². The third-order valence-electron chi connectivity index (χ3n) is 6.69. The van der Waals surface area contributed by atoms with Gasteiger partial charge in [0.2, 0.25) is 0 Å². The Morgan fingerprint density at radius 1 is 0.659 bits per heavy atom. The second-order valence-electron chi connectivity index (χ2n) is 13.1. The van der Waals surface area contributed by atoms with Crippen LogP contribution in [-0.4, -0.2) is 19.5 Å². The van der Waals surface area contributed by atoms with Gasteiger partial charge in [0.1, 0.15) is 5.75 Å². The lowest BCUT2D eigenvalue weighted by Gasteiger charge is -2.27. The molecule has 0 radical (unpaired) electrons. The normalized spacial score (nSPS) is 13.0. The van der Waals surface area contributed by atoms with Gasteiger partial charge in [0, 0.05) is 0 Å². The zero-order valence-corrected chi connectivity index (χ0v) is 27.5. The molecule has 4 rings (SSSR count). The average molecular weight is 559 g/mol. The molecule has 41 heavy (non-hydrogen) atoms. The molecule has 0 bridgehead atoms. The fourth-order valence-electron chi connectivity index (χ4n) is 4.27. The molecule has 0 aliphatic heterocycles. The molecule has 0 aromatic heterocycles. The molecule has 0 N–H and O–H groups in total. The summed E-state index contributed by atoms with van der Waals surface area (Å²) in [5.74, 6) is 1.30. The van der Waals surface area contributed by atoms with Gasteiger partial charge in [-0.15, -0.1) is 0 Å². The molecule has 2 unspecified atom stereocenters. The summed E-state index contributed by atoms with van der Waals surface area (Å²) in [6.07, 6.45) is -0.340. The van der Waals surface area contributed by atoms with E-state index in [9.17, 15) is 0 Å². The van der Waals surface area contributed by atoms with Crippen molar-refractivity contribution in [2.75, 3.05) is 13.2 Å². The predicted octanol–water partition coefficient (Wildman–Crippen LogP) is 11.2. The van der Waals surface area contributed by atoms with Crippen LogP contribution in [0.1, 0.15) is 93.2 Å². The van der Waals surface area contributed by atoms with Gasteiger partial charge < -0.3 is 14.2 Å². The highest BCUT2D eigenvalue weighted by molar-refractivity contribution is 6.02. The smallest absolute Gasteiger partial charge is 0.197 e. The van der Waals surface area contributed by atoms with Crippen molar-refractivity contribution >= 4 is 21.5 Å². The minimum absolute atomic E-state index is 0.233. The van der Waals surface area contributed by atoms with Crippen LogP contribution in [0.5, 0.6) is 5.75 Å². The maximum atomic E-state index is 6.03. The summed E-state index contributed by atoms with van der Waals surface area (Å²) in [5, 5.41) is 4.95. The lowest BCUT2D eigenvalue weighted by atomic mass is 9.78. The monoisotopic (exact) mass is 558 g/mol. The van der Waals surface area contributed by atoms with Crippen LogP contribution in [0.25, 0.3) is 21.5 Å². The van der Waals surface area contributed by atoms with E-state index in [0.29, 0.717) is 31.2 Å². The molecule has 0 aliphatic rings. The second-order valence-corrected chi connectivity index (χ2v) is 13.1. The Bertz CT molecular complexity index is 1250. The first-order valence-electron chi connectivity index (χ1n) is 15.2. The van der Waals surface area contributed by atoms with Crippen LogP contribution in [0.2, 0.25) is 0 Å². The SMILES string of the molecule is CC.CC(C)(C)C.CC(OCCOCc1c2ccccc2cc2ccccc12)Oc1ccc(C(C)C(C)(C)C)cc1. The minimum Gasteiger partial charge on any atom is -0.465 e. The average Bonchev–Trinajstić information content (AvgIpc) is 2.92. The van der Waals surface area contributed by atoms with Crippen LogP contribution in [0, 0.1) is 10.8 Å². The Hall–Kier alpha value is -2.88. The number of fused-ring (bicyclic) bond motifs is 2. The quantitative estimate of drug-likeness (QED) is 0.116. The summed E-state index contributed by atoms with van der Waals surface area (Å²) in [7, 11) is 0. The standard InChI is InChI=1S/C31H36O3.C5H12.C2H6/c1-22(31(3,4)5)24-14-16-27(17-15-24)34-23(2)33-19-18-32-21-30-28-12-8-6-10-25(28)20-26-11-7-9-13-29(26)30;1-5(2,3)4;1-2/h6-17,20,22-23H,18-19,21H2,1-5H3;1-4H3;1-2H3. The van der Waals surface area contributed by atoms with Gasteiger partial charge in [-0.2, -0.15) is 0 Å². The number of hydrogen-bond acceptors (Lipinski definition) is 3. The van der Waals surface area contributed by atoms with Gasteiger partial charge in [-0.05, 0) is 74.5 Å². The van der Waals surface area contributed by atoms with Gasteiger partial charge >= 0.3 is 0 Å². The van der Waals surface area contributed by atoms with Crippen LogP contribution in [0.4, 0.5) is 0 Å². The highest BCUT2D eigenvalue weighted by atomic mass is 16.7. The van der Waals surface area contributed by atoms with E-state index in [1.165, 1.54) is 32.7 Å². The number of ether oxygens (including phenoxy) is 3. The first kappa shape index (κ1) is 34.3. The maximum absolute atomic E-state index is 6.03. The predicted molar refractivity (Wildman–Crippen MR) is 178 cm³/mol. The minimum atomic E-state index is -0.340. The van der Waals surface area contributed by atoms with Crippen molar-refractivity contribution in [3.05, 3.63) is 90.0 Å². The lowest BCUT2D eigenvalue weighted by Crippen LogP contribution is -2.19. The van der Waals surface area contributed by atoms with Crippen molar-refractivity contribution in [3.8, 4) is 5.75 Å². The van der Waals surface area contributed by atoms with Crippen molar-refractivity contribution < 1.29 is 14.2 Å². The molecule has 4 aromatic carbocycles. The van der Waals surface area contributed by atoms with Gasteiger partial charge in [0.25, 0.3) is 0 Å². The van der Waals surface area contributed by atoms with Crippen LogP contribution in [0.15, 0.2) is 78.9 Å². The summed E-state index contributed by atoms with van der Waals surface area (Å²) in [4.78, 5) is 0. The van der Waals surface area contributed by atoms with Crippen molar-refractivity contribution in [3.63, 3.8) is 0 Å². The molecule has 2 atom stereocenters. The van der Waals surface area contributed by atoms with Crippen LogP contribution in [0.3, 0.4) is 0 Å². The Kier molecular flexibility index (Phi) is 13.3. The molecule has 0 saturated carbocycles. The van der Waals surface area contributed by atoms with Crippen molar-refractivity contribution in [2.45, 2.75) is 95.0 Å². The first-order chi connectivity index (χ1) is 19.3. The number of hydrogen-bond donors (Lipinski definition) is 0. The molecule has 0 fully saturated rings. The van der Waals surface area contributed by atoms with Crippen LogP contribution < -0.4 is 4.74 Å². The largest absolute Gasteiger partial charge is 0.465 e. The highest BCUT2D eigenvalue weighted by Crippen LogP contribution is 2.35. The highest BCUT2D eigenvalue weighted by Gasteiger charge is 2.21. The van der Waals surface area contributed by atoms with Gasteiger partial charge in [-0.25, -0.2) is 0 Å². The van der Waals surface area contributed by atoms with E-state index in [1.54, 1.807) is 0 Å². The molecule has 0 aliphatic carbocycles. The summed E-state index contributed by atoms with van der Waals surface area (Å²) < 4.78 is 17.8. The summed E-state index contributed by atoms with van der Waals surface area (Å²) in [6.45, 7) is 25.3. The van der Waals surface area contributed by atoms with Crippen molar-refractivity contribution in [2.24, 2.45) is 10.8 Å². The fraction of sp³-hybridized carbons (Fsp3) is 0.474. The van der Waals surface area contributed by atoms with E-state index in [0.717, 1.165) is 5.75 Å². The first-order valence-corrected chi connectivity index (χ1v) is 15.2. The van der Waals surface area contributed by atoms with E-state index in [-0.39, 0.29) is 11.7 Å². The van der Waals surface area contributed by atoms with E-state index in [2.05, 4.69) is 122 Å². The number of rotatable bonds is 9. The number of benzene rings is 4. The van der Waals surface area contributed by atoms with Crippen molar-refractivity contribution in [1.29, 1.82) is 0 Å². The third-order valence-corrected chi connectivity index (χ3v) is 6.69. The topological polar surface area (TPSA) is 27.7 Å². The van der Waals surface area contributed by atoms with Gasteiger partial charge in [0.15, 0.2) is 6.29 Å². The summed E-state index contributed by atoms with van der Waals surface area (Å²) >= 11 is 0. The Morgan fingerprint density at radius 2 is 1.15 bits per heavy atom. The Labute approximate surface area is 250 Å². The maximum Gasteiger partial charge on any atom is 0.197 e. The van der Waals surface area contributed by atoms with Gasteiger partial charge in [-0.3, -0.25) is 0 Å². The van der Waals surface area contributed by atoms with Crippen molar-refractivity contribution in [1.82, 2.24) is 0 Å². The lowest BCUT2D eigenvalue weighted by molar-refractivity contribution is -0.0847. The molecule has 3 heteroatoms. The van der Waals surface area contributed by atoms with E-state index in [4.69, 9.17) is 14.2 Å². The van der Waals surface area contributed by atoms with E-state index < -0.39 is 0 Å². The van der Waals surface area contributed by atoms with Crippen LogP contribution >= 0.6 is 0 Å². The van der Waals surface area contributed by atoms with E-state index in [1.807, 2.05) is 32.9 Å². The molecular formula is C38H54O3. The van der Waals surface area contributed by atoms with E-state index >= 15 is 0 Å². The third kappa shape index (κ3) is 11.5. The van der Waals surface area contributed by atoms with Gasteiger partial charge in [0.05, 0.1) is 19.8 Å². The molecule has 0 spiro atoms. The molecule has 3 nitrogen and oxygen atoms in total. The molecule has 0 saturated heterocycles. The zero-order chi connectivity index (χ0) is 30.6. The molecule has 0 amide bonds. The van der Waals surface area contributed by atoms with Gasteiger partial charge in [-0.1, -0.05) is 130 Å². The Balaban J connectivity index is 0.000000759. The molecular weight excluding hydrogens is 504 g/mol. The molecule has 4 aromatic rings. The second kappa shape index (κ2) is 15.9. The summed E-state index contributed by atoms with van der Waals surface area (Å²) in [6, 6.07) is 27.6. The fourth-order valence-corrected chi connectivity index (χ4v) is 4.27. The Morgan fingerprint density at radius 3 is 1.63 bits per heavy atom. The molecule has 0 heterocycles. The zero-order valence-electron chi connectivity index (χ0n) is 27.5.